The fourth-order valence-corrected chi connectivity index (χ4v) is 1.89. The molecule has 1 nitrogen and oxygen atoms in total. The highest BCUT2D eigenvalue weighted by Gasteiger charge is 2.22. The van der Waals surface area contributed by atoms with Gasteiger partial charge in [0, 0.05) is 5.88 Å². The number of halogens is 1. The first-order valence-corrected chi connectivity index (χ1v) is 4.96. The minimum atomic E-state index is -0.0485. The molecular weight excluding hydrogens is 184 g/mol. The van der Waals surface area contributed by atoms with Gasteiger partial charge in [0.05, 0.1) is 0 Å². The third kappa shape index (κ3) is 2.38. The van der Waals surface area contributed by atoms with Gasteiger partial charge in [-0.05, 0) is 23.5 Å². The Hall–Kier alpha value is -0.690. The molecule has 1 N–H and O–H groups in total. The molecule has 0 saturated heterocycles. The molecule has 0 bridgehead atoms. The summed E-state index contributed by atoms with van der Waals surface area (Å²) >= 11 is 5.71. The molecule has 0 fully saturated rings. The molecule has 0 aliphatic rings. The van der Waals surface area contributed by atoms with Gasteiger partial charge in [-0.25, -0.2) is 0 Å². The van der Waals surface area contributed by atoms with Gasteiger partial charge in [0.15, 0.2) is 0 Å². The van der Waals surface area contributed by atoms with Gasteiger partial charge in [0.25, 0.3) is 0 Å². The van der Waals surface area contributed by atoms with Crippen molar-refractivity contribution in [2.75, 3.05) is 5.88 Å². The summed E-state index contributed by atoms with van der Waals surface area (Å²) in [5, 5.41) is 9.63. The highest BCUT2D eigenvalue weighted by atomic mass is 35.5. The molecule has 0 radical (unpaired) electrons. The average molecular weight is 199 g/mol. The number of hydrogen-bond acceptors (Lipinski definition) is 1. The molecule has 0 aromatic heterocycles. The van der Waals surface area contributed by atoms with Crippen molar-refractivity contribution in [1.29, 1.82) is 0 Å². The molecule has 1 aromatic carbocycles. The Labute approximate surface area is 84.4 Å². The van der Waals surface area contributed by atoms with Crippen LogP contribution in [0.1, 0.15) is 25.8 Å². The molecule has 2 heteroatoms. The second-order valence-corrected chi connectivity index (χ2v) is 4.22. The van der Waals surface area contributed by atoms with Crippen LogP contribution in [0.4, 0.5) is 0 Å². The van der Waals surface area contributed by atoms with Crippen molar-refractivity contribution in [1.82, 2.24) is 0 Å². The molecule has 1 aromatic rings. The summed E-state index contributed by atoms with van der Waals surface area (Å²) in [6.07, 6.45) is 0.867. The minimum absolute atomic E-state index is 0.0485. The molecule has 0 aliphatic carbocycles. The molecular formula is C11H15ClO. The van der Waals surface area contributed by atoms with Crippen molar-refractivity contribution in [3.05, 3.63) is 29.8 Å². The molecule has 13 heavy (non-hydrogen) atoms. The zero-order valence-electron chi connectivity index (χ0n) is 8.05. The van der Waals surface area contributed by atoms with Gasteiger partial charge < -0.3 is 5.11 Å². The van der Waals surface area contributed by atoms with Gasteiger partial charge in [-0.3, -0.25) is 0 Å². The van der Waals surface area contributed by atoms with E-state index < -0.39 is 0 Å². The zero-order chi connectivity index (χ0) is 9.90. The average Bonchev–Trinajstić information content (AvgIpc) is 2.04. The minimum Gasteiger partial charge on any atom is -0.508 e. The van der Waals surface area contributed by atoms with Crippen molar-refractivity contribution >= 4 is 11.6 Å². The summed E-state index contributed by atoms with van der Waals surface area (Å²) in [6.45, 7) is 4.18. The molecule has 0 aliphatic heterocycles. The van der Waals surface area contributed by atoms with Crippen LogP contribution < -0.4 is 0 Å². The number of aromatic hydroxyl groups is 1. The van der Waals surface area contributed by atoms with E-state index in [0.717, 1.165) is 12.0 Å². The summed E-state index contributed by atoms with van der Waals surface area (Å²) in [5.74, 6) is 0.971. The number of alkyl halides is 1. The molecule has 0 spiro atoms. The second kappa shape index (κ2) is 4.01. The second-order valence-electron chi connectivity index (χ2n) is 3.84. The summed E-state index contributed by atoms with van der Waals surface area (Å²) in [4.78, 5) is 0. The lowest BCUT2D eigenvalue weighted by Gasteiger charge is -2.24. The third-order valence-electron chi connectivity index (χ3n) is 2.35. The van der Waals surface area contributed by atoms with Crippen LogP contribution in [0, 0.1) is 0 Å². The van der Waals surface area contributed by atoms with E-state index >= 15 is 0 Å². The van der Waals surface area contributed by atoms with E-state index in [0.29, 0.717) is 11.6 Å². The summed E-state index contributed by atoms with van der Waals surface area (Å²) in [6, 6.07) is 7.42. The van der Waals surface area contributed by atoms with E-state index in [9.17, 15) is 5.11 Å². The van der Waals surface area contributed by atoms with Gasteiger partial charge >= 0.3 is 0 Å². The predicted octanol–water partition coefficient (Wildman–Crippen LogP) is 3.30. The van der Waals surface area contributed by atoms with E-state index in [1.54, 1.807) is 6.07 Å². The third-order valence-corrected chi connectivity index (χ3v) is 2.54. The maximum atomic E-state index is 9.63. The van der Waals surface area contributed by atoms with Crippen LogP contribution in [0.2, 0.25) is 0 Å². The maximum Gasteiger partial charge on any atom is 0.119 e. The molecule has 0 atom stereocenters. The summed E-state index contributed by atoms with van der Waals surface area (Å²) < 4.78 is 0. The molecule has 72 valence electrons. The first-order valence-electron chi connectivity index (χ1n) is 4.42. The Bertz CT molecular complexity index is 281. The van der Waals surface area contributed by atoms with Gasteiger partial charge in [0.1, 0.15) is 5.75 Å². The zero-order valence-corrected chi connectivity index (χ0v) is 8.80. The van der Waals surface area contributed by atoms with E-state index in [-0.39, 0.29) is 5.41 Å². The van der Waals surface area contributed by atoms with Gasteiger partial charge in [-0.1, -0.05) is 32.0 Å². The fraction of sp³-hybridized carbons (Fsp3) is 0.455. The Balaban J connectivity index is 2.99. The lowest BCUT2D eigenvalue weighted by Crippen LogP contribution is -2.17. The summed E-state index contributed by atoms with van der Waals surface area (Å²) in [7, 11) is 0. The molecule has 0 unspecified atom stereocenters. The topological polar surface area (TPSA) is 20.2 Å². The number of para-hydroxylation sites is 1. The largest absolute Gasteiger partial charge is 0.508 e. The quantitative estimate of drug-likeness (QED) is 0.739. The maximum absolute atomic E-state index is 9.63. The number of rotatable bonds is 3. The Morgan fingerprint density at radius 1 is 1.31 bits per heavy atom. The standard InChI is InChI=1S/C11H15ClO/c1-11(2,7-8-12)9-5-3-4-6-10(9)13/h3-6,13H,7-8H2,1-2H3. The van der Waals surface area contributed by atoms with Crippen molar-refractivity contribution in [2.24, 2.45) is 0 Å². The van der Waals surface area contributed by atoms with Crippen LogP contribution >= 0.6 is 11.6 Å². The SMILES string of the molecule is CC(C)(CCCl)c1ccccc1O. The van der Waals surface area contributed by atoms with Crippen LogP contribution in [0.15, 0.2) is 24.3 Å². The van der Waals surface area contributed by atoms with Crippen LogP contribution in [0.5, 0.6) is 5.75 Å². The lowest BCUT2D eigenvalue weighted by atomic mass is 9.82. The number of hydrogen-bond donors (Lipinski definition) is 1. The fourth-order valence-electron chi connectivity index (χ4n) is 1.42. The highest BCUT2D eigenvalue weighted by Crippen LogP contribution is 2.33. The Morgan fingerprint density at radius 3 is 2.46 bits per heavy atom. The smallest absolute Gasteiger partial charge is 0.119 e. The van der Waals surface area contributed by atoms with Crippen LogP contribution in [0.3, 0.4) is 0 Å². The van der Waals surface area contributed by atoms with Gasteiger partial charge in [-0.15, -0.1) is 11.6 Å². The van der Waals surface area contributed by atoms with Crippen LogP contribution in [-0.4, -0.2) is 11.0 Å². The number of benzene rings is 1. The van der Waals surface area contributed by atoms with Crippen LogP contribution in [0.25, 0.3) is 0 Å². The molecule has 0 heterocycles. The first-order chi connectivity index (χ1) is 6.08. The normalized spacial score (nSPS) is 11.6. The van der Waals surface area contributed by atoms with Gasteiger partial charge in [0.2, 0.25) is 0 Å². The lowest BCUT2D eigenvalue weighted by molar-refractivity contribution is 0.430. The number of phenolic OH excluding ortho intramolecular Hbond substituents is 1. The molecule has 0 amide bonds. The van der Waals surface area contributed by atoms with Crippen molar-refractivity contribution < 1.29 is 5.11 Å². The Kier molecular flexibility index (Phi) is 3.21. The monoisotopic (exact) mass is 198 g/mol. The van der Waals surface area contributed by atoms with Crippen molar-refractivity contribution in [2.45, 2.75) is 25.7 Å². The summed E-state index contributed by atoms with van der Waals surface area (Å²) in [5.41, 5.74) is 0.920. The number of phenols is 1. The van der Waals surface area contributed by atoms with E-state index in [4.69, 9.17) is 11.6 Å². The van der Waals surface area contributed by atoms with E-state index in [1.807, 2.05) is 18.2 Å². The van der Waals surface area contributed by atoms with E-state index in [1.165, 1.54) is 0 Å². The first kappa shape index (κ1) is 10.4. The molecule has 0 saturated carbocycles. The van der Waals surface area contributed by atoms with Crippen molar-refractivity contribution in [3.63, 3.8) is 0 Å². The highest BCUT2D eigenvalue weighted by molar-refractivity contribution is 6.17. The van der Waals surface area contributed by atoms with E-state index in [2.05, 4.69) is 13.8 Å². The Morgan fingerprint density at radius 2 is 1.92 bits per heavy atom. The van der Waals surface area contributed by atoms with Crippen molar-refractivity contribution in [3.8, 4) is 5.75 Å². The predicted molar refractivity (Wildman–Crippen MR) is 56.5 cm³/mol. The van der Waals surface area contributed by atoms with Crippen LogP contribution in [-0.2, 0) is 5.41 Å². The van der Waals surface area contributed by atoms with Gasteiger partial charge in [-0.2, -0.15) is 0 Å². The molecule has 1 rings (SSSR count).